The first-order chi connectivity index (χ1) is 16.5. The summed E-state index contributed by atoms with van der Waals surface area (Å²) >= 11 is 0. The molecule has 0 aliphatic carbocycles. The number of pyridine rings is 1. The van der Waals surface area contributed by atoms with Crippen molar-refractivity contribution in [3.05, 3.63) is 114 Å². The van der Waals surface area contributed by atoms with Crippen molar-refractivity contribution in [2.45, 2.75) is 13.5 Å². The zero-order valence-electron chi connectivity index (χ0n) is 21.0. The Kier molecular flexibility index (Phi) is 9.04. The standard InChI is InChI=1S/C31H36N3/c1-6-34-24-23-28(13-8-7-11-26-15-19-29(20-16-26)32(2)3)25-31(34)14-10-9-12-27-17-21-30(22-18-27)33(4)5/h7-25H,6H2,1-5H3/q+1. The Morgan fingerprint density at radius 3 is 1.47 bits per heavy atom. The monoisotopic (exact) mass is 450 g/mol. The number of hydrogen-bond donors (Lipinski definition) is 0. The molecule has 0 aliphatic heterocycles. The highest BCUT2D eigenvalue weighted by Crippen LogP contribution is 2.14. The molecule has 0 saturated heterocycles. The van der Waals surface area contributed by atoms with E-state index >= 15 is 0 Å². The van der Waals surface area contributed by atoms with Gasteiger partial charge in [-0.15, -0.1) is 0 Å². The lowest BCUT2D eigenvalue weighted by Gasteiger charge is -2.11. The van der Waals surface area contributed by atoms with Crippen LogP contribution in [0.2, 0.25) is 0 Å². The van der Waals surface area contributed by atoms with E-state index in [1.54, 1.807) is 0 Å². The first kappa shape index (κ1) is 24.8. The summed E-state index contributed by atoms with van der Waals surface area (Å²) in [7, 11) is 8.22. The highest BCUT2D eigenvalue weighted by atomic mass is 15.1. The Balaban J connectivity index is 1.65. The number of benzene rings is 2. The molecule has 0 saturated carbocycles. The number of anilines is 2. The molecule has 0 bridgehead atoms. The van der Waals surface area contributed by atoms with Gasteiger partial charge in [-0.05, 0) is 47.9 Å². The summed E-state index contributed by atoms with van der Waals surface area (Å²) in [5, 5.41) is 0. The molecule has 3 nitrogen and oxygen atoms in total. The lowest BCUT2D eigenvalue weighted by molar-refractivity contribution is -0.695. The van der Waals surface area contributed by atoms with Gasteiger partial charge in [0.2, 0.25) is 5.69 Å². The Labute approximate surface area is 205 Å². The maximum Gasteiger partial charge on any atom is 0.205 e. The zero-order valence-corrected chi connectivity index (χ0v) is 21.0. The van der Waals surface area contributed by atoms with Crippen molar-refractivity contribution in [2.24, 2.45) is 0 Å². The van der Waals surface area contributed by atoms with E-state index in [-0.39, 0.29) is 0 Å². The van der Waals surface area contributed by atoms with Crippen LogP contribution in [0, 0.1) is 0 Å². The minimum Gasteiger partial charge on any atom is -0.378 e. The van der Waals surface area contributed by atoms with Gasteiger partial charge in [-0.2, -0.15) is 4.57 Å². The fourth-order valence-corrected chi connectivity index (χ4v) is 3.52. The van der Waals surface area contributed by atoms with E-state index in [1.165, 1.54) is 33.8 Å². The lowest BCUT2D eigenvalue weighted by atomic mass is 10.1. The van der Waals surface area contributed by atoms with Gasteiger partial charge in [-0.1, -0.05) is 66.8 Å². The molecule has 0 aliphatic rings. The molecule has 0 amide bonds. The van der Waals surface area contributed by atoms with Crippen LogP contribution in [0.5, 0.6) is 0 Å². The van der Waals surface area contributed by atoms with E-state index in [2.05, 4.69) is 165 Å². The number of aromatic nitrogens is 1. The van der Waals surface area contributed by atoms with Crippen LogP contribution >= 0.6 is 0 Å². The summed E-state index contributed by atoms with van der Waals surface area (Å²) in [4.78, 5) is 4.21. The molecule has 1 aromatic heterocycles. The number of hydrogen-bond acceptors (Lipinski definition) is 2. The summed E-state index contributed by atoms with van der Waals surface area (Å²) < 4.78 is 2.25. The summed E-state index contributed by atoms with van der Waals surface area (Å²) in [6.07, 6.45) is 19.1. The molecular formula is C31H36N3+. The molecule has 0 fully saturated rings. The predicted molar refractivity (Wildman–Crippen MR) is 150 cm³/mol. The molecule has 0 atom stereocenters. The molecular weight excluding hydrogens is 414 g/mol. The highest BCUT2D eigenvalue weighted by Gasteiger charge is 2.05. The van der Waals surface area contributed by atoms with E-state index in [9.17, 15) is 0 Å². The van der Waals surface area contributed by atoms with Crippen molar-refractivity contribution in [3.63, 3.8) is 0 Å². The average Bonchev–Trinajstić information content (AvgIpc) is 2.85. The van der Waals surface area contributed by atoms with Crippen LogP contribution < -0.4 is 14.4 Å². The van der Waals surface area contributed by atoms with Crippen molar-refractivity contribution < 1.29 is 4.57 Å². The van der Waals surface area contributed by atoms with Crippen molar-refractivity contribution in [2.75, 3.05) is 38.0 Å². The molecule has 2 aromatic carbocycles. The van der Waals surface area contributed by atoms with Crippen molar-refractivity contribution >= 4 is 35.7 Å². The van der Waals surface area contributed by atoms with Gasteiger partial charge >= 0.3 is 0 Å². The Morgan fingerprint density at radius 2 is 1.03 bits per heavy atom. The van der Waals surface area contributed by atoms with Gasteiger partial charge in [0.15, 0.2) is 6.20 Å². The average molecular weight is 451 g/mol. The van der Waals surface area contributed by atoms with E-state index in [0.717, 1.165) is 6.54 Å². The van der Waals surface area contributed by atoms with Crippen LogP contribution in [0.4, 0.5) is 11.4 Å². The van der Waals surface area contributed by atoms with E-state index in [0.29, 0.717) is 0 Å². The van der Waals surface area contributed by atoms with E-state index in [4.69, 9.17) is 0 Å². The van der Waals surface area contributed by atoms with Crippen molar-refractivity contribution in [1.29, 1.82) is 0 Å². The topological polar surface area (TPSA) is 10.4 Å². The highest BCUT2D eigenvalue weighted by molar-refractivity contribution is 5.61. The third kappa shape index (κ3) is 7.35. The summed E-state index contributed by atoms with van der Waals surface area (Å²) in [5.74, 6) is 0. The fourth-order valence-electron chi connectivity index (χ4n) is 3.52. The summed E-state index contributed by atoms with van der Waals surface area (Å²) in [6, 6.07) is 21.5. The van der Waals surface area contributed by atoms with Gasteiger partial charge < -0.3 is 9.80 Å². The molecule has 34 heavy (non-hydrogen) atoms. The number of aryl methyl sites for hydroxylation is 1. The fraction of sp³-hybridized carbons (Fsp3) is 0.194. The van der Waals surface area contributed by atoms with Gasteiger partial charge in [0.25, 0.3) is 0 Å². The van der Waals surface area contributed by atoms with E-state index < -0.39 is 0 Å². The van der Waals surface area contributed by atoms with Crippen LogP contribution in [0.15, 0.2) is 91.2 Å². The smallest absolute Gasteiger partial charge is 0.205 e. The Morgan fingerprint density at radius 1 is 0.588 bits per heavy atom. The van der Waals surface area contributed by atoms with Crippen molar-refractivity contribution in [1.82, 2.24) is 0 Å². The molecule has 3 aromatic rings. The van der Waals surface area contributed by atoms with Crippen molar-refractivity contribution in [3.8, 4) is 0 Å². The lowest BCUT2D eigenvalue weighted by Crippen LogP contribution is -2.35. The molecule has 3 heteroatoms. The maximum atomic E-state index is 2.25. The molecule has 3 rings (SSSR count). The van der Waals surface area contributed by atoms with Crippen LogP contribution in [-0.2, 0) is 6.54 Å². The second-order valence-corrected chi connectivity index (χ2v) is 8.58. The predicted octanol–water partition coefficient (Wildman–Crippen LogP) is 6.58. The first-order valence-corrected chi connectivity index (χ1v) is 11.7. The normalized spacial score (nSPS) is 11.9. The third-order valence-corrected chi connectivity index (χ3v) is 5.61. The second kappa shape index (κ2) is 12.4. The molecule has 174 valence electrons. The minimum atomic E-state index is 0.933. The Hall–Kier alpha value is -3.85. The molecule has 0 radical (unpaired) electrons. The molecule has 0 unspecified atom stereocenters. The second-order valence-electron chi connectivity index (χ2n) is 8.58. The van der Waals surface area contributed by atoms with Crippen LogP contribution in [-0.4, -0.2) is 28.2 Å². The van der Waals surface area contributed by atoms with Gasteiger partial charge in [-0.3, -0.25) is 0 Å². The zero-order chi connectivity index (χ0) is 24.3. The van der Waals surface area contributed by atoms with Gasteiger partial charge in [0, 0.05) is 57.8 Å². The van der Waals surface area contributed by atoms with Gasteiger partial charge in [0.05, 0.1) is 0 Å². The first-order valence-electron chi connectivity index (χ1n) is 11.7. The minimum absolute atomic E-state index is 0.933. The molecule has 1 heterocycles. The summed E-state index contributed by atoms with van der Waals surface area (Å²) in [6.45, 7) is 3.10. The number of nitrogens with zero attached hydrogens (tertiary/aromatic N) is 3. The molecule has 0 spiro atoms. The van der Waals surface area contributed by atoms with Gasteiger partial charge in [0.1, 0.15) is 6.54 Å². The maximum absolute atomic E-state index is 2.25. The molecule has 0 N–H and O–H groups in total. The van der Waals surface area contributed by atoms with Gasteiger partial charge in [-0.25, -0.2) is 0 Å². The van der Waals surface area contributed by atoms with Crippen LogP contribution in [0.25, 0.3) is 24.3 Å². The van der Waals surface area contributed by atoms with Crippen LogP contribution in [0.3, 0.4) is 0 Å². The SMILES string of the molecule is CC[n+]1ccc(C=CC=Cc2ccc(N(C)C)cc2)cc1C=CC=Cc1ccc(N(C)C)cc1. The van der Waals surface area contributed by atoms with E-state index in [1.807, 2.05) is 0 Å². The number of allylic oxidation sites excluding steroid dienone is 4. The third-order valence-electron chi connectivity index (χ3n) is 5.61. The quantitative estimate of drug-likeness (QED) is 0.269. The largest absolute Gasteiger partial charge is 0.378 e. The Bertz CT molecular complexity index is 1160. The van der Waals surface area contributed by atoms with Crippen LogP contribution in [0.1, 0.15) is 29.3 Å². The summed E-state index contributed by atoms with van der Waals surface area (Å²) in [5.41, 5.74) is 7.16. The number of rotatable bonds is 9.